The molecule has 32 heavy (non-hydrogen) atoms. The number of nitrogens with zero attached hydrogens (tertiary/aromatic N) is 3. The van der Waals surface area contributed by atoms with Gasteiger partial charge in [0.15, 0.2) is 0 Å². The third kappa shape index (κ3) is 5.40. The molecule has 1 aliphatic heterocycles. The first-order valence-electron chi connectivity index (χ1n) is 10.3. The second-order valence-corrected chi connectivity index (χ2v) is 10.0. The Morgan fingerprint density at radius 1 is 1.25 bits per heavy atom. The standard InChI is InChI=1S/C21H26ClN5O4S/c22-18-4-2-1-3-14(18)9-21(29)24-15-10-19-17(20(11-15)32(23,30)31)12-27(25-19)13-26-7-5-16(28)6-8-26/h1-4,10-12,16,21,24,28-29H,5-9,13H2,(H2,23,30,31). The monoisotopic (exact) mass is 479 g/mol. The number of nitrogens with one attached hydrogen (secondary N) is 1. The zero-order chi connectivity index (χ0) is 22.9. The molecule has 1 aliphatic rings. The maximum atomic E-state index is 12.3. The van der Waals surface area contributed by atoms with Crippen molar-refractivity contribution in [2.45, 2.75) is 43.2 Å². The molecule has 0 radical (unpaired) electrons. The van der Waals surface area contributed by atoms with Crippen LogP contribution in [0, 0.1) is 0 Å². The molecule has 0 aliphatic carbocycles. The number of piperidine rings is 1. The number of anilines is 1. The third-order valence-corrected chi connectivity index (χ3v) is 6.87. The van der Waals surface area contributed by atoms with Gasteiger partial charge in [-0.1, -0.05) is 29.8 Å². The fraction of sp³-hybridized carbons (Fsp3) is 0.381. The number of likely N-dealkylation sites (tertiary alicyclic amines) is 1. The Bertz CT molecular complexity index is 1210. The lowest BCUT2D eigenvalue weighted by molar-refractivity contribution is 0.0656. The topological polar surface area (TPSA) is 134 Å². The number of fused-ring (bicyclic) bond motifs is 1. The van der Waals surface area contributed by atoms with Crippen LogP contribution >= 0.6 is 11.6 Å². The van der Waals surface area contributed by atoms with Crippen LogP contribution in [0.1, 0.15) is 18.4 Å². The van der Waals surface area contributed by atoms with Crippen LogP contribution in [0.5, 0.6) is 0 Å². The summed E-state index contributed by atoms with van der Waals surface area (Å²) < 4.78 is 26.2. The summed E-state index contributed by atoms with van der Waals surface area (Å²) in [6.45, 7) is 1.95. The van der Waals surface area contributed by atoms with E-state index in [2.05, 4.69) is 15.3 Å². The number of primary sulfonamides is 1. The van der Waals surface area contributed by atoms with E-state index in [0.717, 1.165) is 18.7 Å². The van der Waals surface area contributed by atoms with Crippen molar-refractivity contribution in [1.82, 2.24) is 14.7 Å². The molecule has 0 spiro atoms. The van der Waals surface area contributed by atoms with E-state index in [-0.39, 0.29) is 17.4 Å². The van der Waals surface area contributed by atoms with Crippen molar-refractivity contribution in [3.63, 3.8) is 0 Å². The fourth-order valence-corrected chi connectivity index (χ4v) is 4.88. The van der Waals surface area contributed by atoms with Crippen molar-refractivity contribution in [2.75, 3.05) is 18.4 Å². The molecule has 1 aromatic heterocycles. The zero-order valence-corrected chi connectivity index (χ0v) is 18.9. The predicted molar refractivity (Wildman–Crippen MR) is 123 cm³/mol. The minimum atomic E-state index is -4.02. The Labute approximate surface area is 191 Å². The molecule has 1 fully saturated rings. The van der Waals surface area contributed by atoms with Gasteiger partial charge in [0.25, 0.3) is 0 Å². The van der Waals surface area contributed by atoms with Crippen molar-refractivity contribution in [1.29, 1.82) is 0 Å². The van der Waals surface area contributed by atoms with Crippen LogP contribution in [0.2, 0.25) is 5.02 Å². The van der Waals surface area contributed by atoms with E-state index < -0.39 is 16.3 Å². The van der Waals surface area contributed by atoms with Gasteiger partial charge in [0.1, 0.15) is 6.23 Å². The Hall–Kier alpha value is -2.21. The summed E-state index contributed by atoms with van der Waals surface area (Å²) in [6.07, 6.45) is 2.01. The number of hydrogen-bond acceptors (Lipinski definition) is 7. The van der Waals surface area contributed by atoms with Gasteiger partial charge in [-0.3, -0.25) is 9.58 Å². The molecule has 2 aromatic carbocycles. The second-order valence-electron chi connectivity index (χ2n) is 8.07. The molecule has 1 unspecified atom stereocenters. The van der Waals surface area contributed by atoms with Crippen molar-refractivity contribution in [3.8, 4) is 0 Å². The van der Waals surface area contributed by atoms with Crippen LogP contribution in [0.3, 0.4) is 0 Å². The Kier molecular flexibility index (Phi) is 6.70. The van der Waals surface area contributed by atoms with Crippen LogP contribution in [0.4, 0.5) is 5.69 Å². The van der Waals surface area contributed by atoms with E-state index in [4.69, 9.17) is 16.7 Å². The van der Waals surface area contributed by atoms with E-state index in [1.54, 1.807) is 29.1 Å². The molecular formula is C21H26ClN5O4S. The van der Waals surface area contributed by atoms with Crippen LogP contribution in [-0.2, 0) is 23.1 Å². The van der Waals surface area contributed by atoms with Gasteiger partial charge in [-0.25, -0.2) is 13.6 Å². The van der Waals surface area contributed by atoms with Crippen LogP contribution < -0.4 is 10.5 Å². The van der Waals surface area contributed by atoms with Gasteiger partial charge in [0, 0.05) is 41.8 Å². The molecule has 4 rings (SSSR count). The SMILES string of the molecule is NS(=O)(=O)c1cc(NC(O)Cc2ccccc2Cl)cc2nn(CN3CCC(O)CC3)cc12. The first kappa shape index (κ1) is 23.0. The number of hydrogen-bond donors (Lipinski definition) is 4. The van der Waals surface area contributed by atoms with Gasteiger partial charge in [0.05, 0.1) is 23.2 Å². The number of sulfonamides is 1. The van der Waals surface area contributed by atoms with Gasteiger partial charge in [-0.2, -0.15) is 5.10 Å². The highest BCUT2D eigenvalue weighted by molar-refractivity contribution is 7.89. The van der Waals surface area contributed by atoms with Gasteiger partial charge in [-0.15, -0.1) is 0 Å². The molecule has 11 heteroatoms. The van der Waals surface area contributed by atoms with Gasteiger partial charge in [0.2, 0.25) is 10.0 Å². The molecule has 9 nitrogen and oxygen atoms in total. The molecule has 1 atom stereocenters. The lowest BCUT2D eigenvalue weighted by atomic mass is 10.1. The number of rotatable bonds is 7. The van der Waals surface area contributed by atoms with Gasteiger partial charge >= 0.3 is 0 Å². The number of aliphatic hydroxyl groups excluding tert-OH is 2. The van der Waals surface area contributed by atoms with E-state index in [0.29, 0.717) is 41.1 Å². The Morgan fingerprint density at radius 3 is 2.66 bits per heavy atom. The van der Waals surface area contributed by atoms with Crippen molar-refractivity contribution >= 4 is 38.2 Å². The molecule has 2 heterocycles. The Balaban J connectivity index is 1.58. The lowest BCUT2D eigenvalue weighted by Gasteiger charge is -2.29. The summed E-state index contributed by atoms with van der Waals surface area (Å²) in [7, 11) is -4.02. The highest BCUT2D eigenvalue weighted by atomic mass is 35.5. The third-order valence-electron chi connectivity index (χ3n) is 5.55. The van der Waals surface area contributed by atoms with Crippen LogP contribution in [0.25, 0.3) is 10.9 Å². The fourth-order valence-electron chi connectivity index (χ4n) is 3.91. The minimum Gasteiger partial charge on any atom is -0.393 e. The normalized spacial score (nSPS) is 17.0. The highest BCUT2D eigenvalue weighted by Crippen LogP contribution is 2.27. The van der Waals surface area contributed by atoms with Crippen LogP contribution in [-0.4, -0.2) is 58.7 Å². The Morgan fingerprint density at radius 2 is 1.97 bits per heavy atom. The molecule has 0 bridgehead atoms. The lowest BCUT2D eigenvalue weighted by Crippen LogP contribution is -2.37. The highest BCUT2D eigenvalue weighted by Gasteiger charge is 2.21. The first-order chi connectivity index (χ1) is 15.2. The van der Waals surface area contributed by atoms with E-state index in [9.17, 15) is 18.6 Å². The number of aromatic nitrogens is 2. The smallest absolute Gasteiger partial charge is 0.238 e. The molecule has 0 amide bonds. The molecular weight excluding hydrogens is 454 g/mol. The summed E-state index contributed by atoms with van der Waals surface area (Å²) in [5, 5.41) is 34.0. The zero-order valence-electron chi connectivity index (χ0n) is 17.4. The first-order valence-corrected chi connectivity index (χ1v) is 12.2. The molecule has 5 N–H and O–H groups in total. The molecule has 0 saturated carbocycles. The molecule has 172 valence electrons. The van der Waals surface area contributed by atoms with E-state index in [1.165, 1.54) is 6.07 Å². The quantitative estimate of drug-likeness (QED) is 0.379. The summed E-state index contributed by atoms with van der Waals surface area (Å²) in [5.74, 6) is 0. The number of benzene rings is 2. The number of nitrogens with two attached hydrogens (primary N) is 1. The average Bonchev–Trinajstić information content (AvgIpc) is 3.12. The maximum absolute atomic E-state index is 12.3. The predicted octanol–water partition coefficient (Wildman–Crippen LogP) is 1.72. The van der Waals surface area contributed by atoms with E-state index >= 15 is 0 Å². The van der Waals surface area contributed by atoms with Crippen molar-refractivity contribution in [2.24, 2.45) is 5.14 Å². The average molecular weight is 480 g/mol. The van der Waals surface area contributed by atoms with Gasteiger partial charge in [-0.05, 0) is 36.6 Å². The number of halogens is 1. The largest absolute Gasteiger partial charge is 0.393 e. The maximum Gasteiger partial charge on any atom is 0.238 e. The summed E-state index contributed by atoms with van der Waals surface area (Å²) in [6, 6.07) is 10.3. The molecule has 3 aromatic rings. The summed E-state index contributed by atoms with van der Waals surface area (Å²) >= 11 is 6.16. The number of aliphatic hydroxyl groups is 2. The summed E-state index contributed by atoms with van der Waals surface area (Å²) in [5.41, 5.74) is 1.59. The van der Waals surface area contributed by atoms with E-state index in [1.807, 2.05) is 12.1 Å². The summed E-state index contributed by atoms with van der Waals surface area (Å²) in [4.78, 5) is 2.07. The van der Waals surface area contributed by atoms with Crippen molar-refractivity contribution < 1.29 is 18.6 Å². The minimum absolute atomic E-state index is 0.0669. The van der Waals surface area contributed by atoms with Gasteiger partial charge < -0.3 is 15.5 Å². The van der Waals surface area contributed by atoms with Crippen molar-refractivity contribution in [3.05, 3.63) is 53.2 Å². The second kappa shape index (κ2) is 9.34. The molecule has 1 saturated heterocycles. The van der Waals surface area contributed by atoms with Crippen LogP contribution in [0.15, 0.2) is 47.5 Å².